The minimum Gasteiger partial charge on any atom is -0.373 e. The highest BCUT2D eigenvalue weighted by Crippen LogP contribution is 2.26. The fourth-order valence-corrected chi connectivity index (χ4v) is 4.15. The van der Waals surface area contributed by atoms with Crippen LogP contribution >= 0.6 is 11.6 Å². The molecule has 0 saturated carbocycles. The lowest BCUT2D eigenvalue weighted by Gasteiger charge is -2.40. The van der Waals surface area contributed by atoms with Gasteiger partial charge in [-0.1, -0.05) is 49.9 Å². The van der Waals surface area contributed by atoms with Crippen LogP contribution in [0.4, 0.5) is 0 Å². The van der Waals surface area contributed by atoms with Gasteiger partial charge in [0.05, 0.1) is 24.2 Å². The zero-order valence-corrected chi connectivity index (χ0v) is 17.2. The summed E-state index contributed by atoms with van der Waals surface area (Å²) in [4.78, 5) is 2.62. The number of unbranched alkanes of at least 4 members (excludes halogenated alkanes) is 1. The zero-order valence-electron chi connectivity index (χ0n) is 16.5. The van der Waals surface area contributed by atoms with Crippen molar-refractivity contribution in [3.05, 3.63) is 34.9 Å². The smallest absolute Gasteiger partial charge is 0.0712 e. The third-order valence-electron chi connectivity index (χ3n) is 5.31. The van der Waals surface area contributed by atoms with Gasteiger partial charge in [0.25, 0.3) is 0 Å². The van der Waals surface area contributed by atoms with Gasteiger partial charge in [-0.3, -0.25) is 4.90 Å². The molecule has 4 heteroatoms. The average Bonchev–Trinajstić information content (AvgIpc) is 2.61. The van der Waals surface area contributed by atoms with Crippen molar-refractivity contribution in [1.82, 2.24) is 4.90 Å². The van der Waals surface area contributed by atoms with Gasteiger partial charge in [0, 0.05) is 24.2 Å². The van der Waals surface area contributed by atoms with E-state index in [2.05, 4.69) is 31.7 Å². The Morgan fingerprint density at radius 2 is 1.73 bits per heavy atom. The van der Waals surface area contributed by atoms with Gasteiger partial charge in [-0.05, 0) is 50.8 Å². The first kappa shape index (κ1) is 21.2. The molecule has 0 radical (unpaired) electrons. The SMILES string of the molecule is CCCCC(CCCC(C#N)c1ccc(Cl)cc1)N1CC(C)OC(C)C1. The zero-order chi connectivity index (χ0) is 18.9. The first-order valence-electron chi connectivity index (χ1n) is 10.1. The molecular formula is C22H33ClN2O. The molecule has 0 bridgehead atoms. The Labute approximate surface area is 164 Å². The molecule has 1 aromatic rings. The Bertz CT molecular complexity index is 559. The quantitative estimate of drug-likeness (QED) is 0.547. The van der Waals surface area contributed by atoms with Crippen LogP contribution in [0.1, 0.15) is 70.8 Å². The van der Waals surface area contributed by atoms with Crippen LogP contribution in [-0.2, 0) is 4.74 Å². The molecule has 1 fully saturated rings. The maximum atomic E-state index is 9.56. The maximum Gasteiger partial charge on any atom is 0.0712 e. The van der Waals surface area contributed by atoms with Crippen molar-refractivity contribution in [2.75, 3.05) is 13.1 Å². The summed E-state index contributed by atoms with van der Waals surface area (Å²) in [5, 5.41) is 10.3. The molecule has 144 valence electrons. The van der Waals surface area contributed by atoms with Crippen LogP contribution in [0.25, 0.3) is 0 Å². The van der Waals surface area contributed by atoms with Crippen LogP contribution < -0.4 is 0 Å². The van der Waals surface area contributed by atoms with Crippen LogP contribution in [0.15, 0.2) is 24.3 Å². The normalized spacial score (nSPS) is 23.3. The Morgan fingerprint density at radius 3 is 2.31 bits per heavy atom. The summed E-state index contributed by atoms with van der Waals surface area (Å²) in [6.45, 7) is 8.65. The number of nitrogens with zero attached hydrogens (tertiary/aromatic N) is 2. The molecule has 26 heavy (non-hydrogen) atoms. The minimum absolute atomic E-state index is 0.0402. The van der Waals surface area contributed by atoms with Gasteiger partial charge in [0.1, 0.15) is 0 Å². The van der Waals surface area contributed by atoms with Gasteiger partial charge in [-0.2, -0.15) is 5.26 Å². The van der Waals surface area contributed by atoms with Gasteiger partial charge in [0.15, 0.2) is 0 Å². The third-order valence-corrected chi connectivity index (χ3v) is 5.57. The van der Waals surface area contributed by atoms with Crippen LogP contribution in [0, 0.1) is 11.3 Å². The number of hydrogen-bond donors (Lipinski definition) is 0. The van der Waals surface area contributed by atoms with E-state index in [1.807, 2.05) is 24.3 Å². The lowest BCUT2D eigenvalue weighted by molar-refractivity contribution is -0.0824. The highest BCUT2D eigenvalue weighted by molar-refractivity contribution is 6.30. The summed E-state index contributed by atoms with van der Waals surface area (Å²) in [7, 11) is 0. The molecule has 0 aliphatic carbocycles. The molecular weight excluding hydrogens is 344 g/mol. The first-order valence-corrected chi connectivity index (χ1v) is 10.5. The minimum atomic E-state index is -0.0402. The van der Waals surface area contributed by atoms with Crippen molar-refractivity contribution in [1.29, 1.82) is 5.26 Å². The van der Waals surface area contributed by atoms with Crippen molar-refractivity contribution >= 4 is 11.6 Å². The Balaban J connectivity index is 1.91. The van der Waals surface area contributed by atoms with E-state index in [1.54, 1.807) is 0 Å². The van der Waals surface area contributed by atoms with E-state index >= 15 is 0 Å². The van der Waals surface area contributed by atoms with Crippen LogP contribution in [0.2, 0.25) is 5.02 Å². The topological polar surface area (TPSA) is 36.3 Å². The van der Waals surface area contributed by atoms with Gasteiger partial charge in [-0.15, -0.1) is 0 Å². The molecule has 4 atom stereocenters. The van der Waals surface area contributed by atoms with Crippen LogP contribution in [0.5, 0.6) is 0 Å². The van der Waals surface area contributed by atoms with Crippen molar-refractivity contribution in [3.63, 3.8) is 0 Å². The van der Waals surface area contributed by atoms with E-state index in [1.165, 1.54) is 19.3 Å². The van der Waals surface area contributed by atoms with Crippen molar-refractivity contribution in [3.8, 4) is 6.07 Å². The van der Waals surface area contributed by atoms with Gasteiger partial charge in [0.2, 0.25) is 0 Å². The molecule has 0 N–H and O–H groups in total. The highest BCUT2D eigenvalue weighted by Gasteiger charge is 2.27. The number of morpholine rings is 1. The molecule has 0 spiro atoms. The predicted octanol–water partition coefficient (Wildman–Crippen LogP) is 5.79. The van der Waals surface area contributed by atoms with E-state index in [4.69, 9.17) is 16.3 Å². The molecule has 1 aliphatic heterocycles. The molecule has 0 amide bonds. The Hall–Kier alpha value is -1.08. The monoisotopic (exact) mass is 376 g/mol. The highest BCUT2D eigenvalue weighted by atomic mass is 35.5. The predicted molar refractivity (Wildman–Crippen MR) is 109 cm³/mol. The van der Waals surface area contributed by atoms with E-state index < -0.39 is 0 Å². The number of ether oxygens (including phenoxy) is 1. The fraction of sp³-hybridized carbons (Fsp3) is 0.682. The number of nitriles is 1. The van der Waals surface area contributed by atoms with Crippen LogP contribution in [0.3, 0.4) is 0 Å². The average molecular weight is 377 g/mol. The summed E-state index contributed by atoms with van der Waals surface area (Å²) < 4.78 is 5.90. The van der Waals surface area contributed by atoms with E-state index in [-0.39, 0.29) is 5.92 Å². The summed E-state index contributed by atoms with van der Waals surface area (Å²) in [5.74, 6) is -0.0402. The number of hydrogen-bond acceptors (Lipinski definition) is 3. The van der Waals surface area contributed by atoms with Crippen molar-refractivity contribution < 1.29 is 4.74 Å². The second kappa shape index (κ2) is 10.9. The van der Waals surface area contributed by atoms with E-state index in [0.717, 1.165) is 42.9 Å². The summed E-state index contributed by atoms with van der Waals surface area (Å²) >= 11 is 5.96. The van der Waals surface area contributed by atoms with E-state index in [0.29, 0.717) is 18.2 Å². The molecule has 1 heterocycles. The van der Waals surface area contributed by atoms with Gasteiger partial charge < -0.3 is 4.74 Å². The molecule has 1 aliphatic rings. The van der Waals surface area contributed by atoms with Gasteiger partial charge in [-0.25, -0.2) is 0 Å². The first-order chi connectivity index (χ1) is 12.5. The second-order valence-electron chi connectivity index (χ2n) is 7.67. The third kappa shape index (κ3) is 6.58. The lowest BCUT2D eigenvalue weighted by atomic mass is 9.92. The summed E-state index contributed by atoms with van der Waals surface area (Å²) in [6.07, 6.45) is 7.51. The molecule has 1 saturated heterocycles. The molecule has 1 aromatic carbocycles. The number of benzene rings is 1. The number of halogens is 1. The second-order valence-corrected chi connectivity index (χ2v) is 8.11. The summed E-state index contributed by atoms with van der Waals surface area (Å²) in [6, 6.07) is 10.8. The van der Waals surface area contributed by atoms with Crippen LogP contribution in [-0.4, -0.2) is 36.2 Å². The molecule has 4 unspecified atom stereocenters. The summed E-state index contributed by atoms with van der Waals surface area (Å²) in [5.41, 5.74) is 1.08. The Morgan fingerprint density at radius 1 is 1.12 bits per heavy atom. The lowest BCUT2D eigenvalue weighted by Crippen LogP contribution is -2.50. The van der Waals surface area contributed by atoms with Gasteiger partial charge >= 0.3 is 0 Å². The standard InChI is InChI=1S/C22H33ClN2O/c1-4-5-8-22(25-15-17(2)26-18(3)16-25)9-6-7-20(14-24)19-10-12-21(23)13-11-19/h10-13,17-18,20,22H,4-9,15-16H2,1-3H3. The van der Waals surface area contributed by atoms with Crippen molar-refractivity contribution in [2.24, 2.45) is 0 Å². The fourth-order valence-electron chi connectivity index (χ4n) is 4.02. The largest absolute Gasteiger partial charge is 0.373 e. The molecule has 0 aromatic heterocycles. The molecule has 2 rings (SSSR count). The Kier molecular flexibility index (Phi) is 8.91. The van der Waals surface area contributed by atoms with E-state index in [9.17, 15) is 5.26 Å². The van der Waals surface area contributed by atoms with Crippen molar-refractivity contribution in [2.45, 2.75) is 83.5 Å². The maximum absolute atomic E-state index is 9.56. The number of rotatable bonds is 9. The molecule has 3 nitrogen and oxygen atoms in total.